The molecule has 0 bridgehead atoms. The molecule has 0 radical (unpaired) electrons. The first kappa shape index (κ1) is 24.6. The van der Waals surface area contributed by atoms with Crippen LogP contribution >= 0.6 is 11.3 Å². The van der Waals surface area contributed by atoms with Crippen LogP contribution in [0.15, 0.2) is 71.9 Å². The first-order chi connectivity index (χ1) is 16.9. The molecule has 2 heterocycles. The van der Waals surface area contributed by atoms with Crippen LogP contribution in [0.3, 0.4) is 0 Å². The van der Waals surface area contributed by atoms with Crippen molar-refractivity contribution in [2.45, 2.75) is 24.3 Å². The van der Waals surface area contributed by atoms with Crippen molar-refractivity contribution >= 4 is 42.4 Å². The van der Waals surface area contributed by atoms with Crippen molar-refractivity contribution in [3.05, 3.63) is 72.6 Å². The minimum absolute atomic E-state index is 0.0569. The fourth-order valence-electron chi connectivity index (χ4n) is 3.62. The van der Waals surface area contributed by atoms with Crippen LogP contribution in [0.25, 0.3) is 10.2 Å². The Morgan fingerprint density at radius 1 is 0.971 bits per heavy atom. The van der Waals surface area contributed by atoms with Gasteiger partial charge in [0.2, 0.25) is 5.91 Å². The Labute approximate surface area is 208 Å². The van der Waals surface area contributed by atoms with Crippen LogP contribution in [0.1, 0.15) is 18.4 Å². The lowest BCUT2D eigenvalue weighted by Gasteiger charge is -2.20. The second-order valence-electron chi connectivity index (χ2n) is 7.72. The first-order valence-electron chi connectivity index (χ1n) is 10.9. The molecule has 4 aromatic rings. The number of benzene rings is 2. The average molecular weight is 512 g/mol. The number of aromatic nitrogens is 2. The summed E-state index contributed by atoms with van der Waals surface area (Å²) in [5, 5.41) is 0.482. The molecule has 2 aromatic heterocycles. The predicted molar refractivity (Wildman–Crippen MR) is 136 cm³/mol. The van der Waals surface area contributed by atoms with Gasteiger partial charge in [0.05, 0.1) is 31.4 Å². The zero-order chi connectivity index (χ0) is 24.8. The molecule has 0 saturated heterocycles. The van der Waals surface area contributed by atoms with E-state index in [2.05, 4.69) is 4.98 Å². The van der Waals surface area contributed by atoms with Gasteiger partial charge in [-0.05, 0) is 48.4 Å². The number of thiazole rings is 1. The second kappa shape index (κ2) is 10.8. The number of rotatable bonds is 10. The molecule has 8 nitrogen and oxygen atoms in total. The van der Waals surface area contributed by atoms with Crippen molar-refractivity contribution in [2.75, 3.05) is 24.9 Å². The highest BCUT2D eigenvalue weighted by molar-refractivity contribution is 7.91. The summed E-state index contributed by atoms with van der Waals surface area (Å²) >= 11 is 1.32. The summed E-state index contributed by atoms with van der Waals surface area (Å²) in [5.41, 5.74) is 1.48. The van der Waals surface area contributed by atoms with Crippen LogP contribution in [0, 0.1) is 0 Å². The molecule has 0 N–H and O–H groups in total. The highest BCUT2D eigenvalue weighted by Gasteiger charge is 2.24. The van der Waals surface area contributed by atoms with Gasteiger partial charge in [0, 0.05) is 18.8 Å². The Bertz CT molecular complexity index is 1370. The van der Waals surface area contributed by atoms with E-state index in [1.165, 1.54) is 11.3 Å². The van der Waals surface area contributed by atoms with Gasteiger partial charge in [0.15, 0.2) is 15.0 Å². The number of hydrogen-bond acceptors (Lipinski definition) is 8. The topological polar surface area (TPSA) is 98.7 Å². The van der Waals surface area contributed by atoms with E-state index >= 15 is 0 Å². The summed E-state index contributed by atoms with van der Waals surface area (Å²) in [7, 11) is -0.329. The van der Waals surface area contributed by atoms with E-state index in [9.17, 15) is 13.2 Å². The predicted octanol–water partition coefficient (Wildman–Crippen LogP) is 4.50. The minimum Gasteiger partial charge on any atom is -0.495 e. The Morgan fingerprint density at radius 3 is 2.34 bits per heavy atom. The van der Waals surface area contributed by atoms with E-state index in [4.69, 9.17) is 14.5 Å². The number of amides is 1. The summed E-state index contributed by atoms with van der Waals surface area (Å²) in [4.78, 5) is 23.9. The Hall–Kier alpha value is -3.50. The molecule has 35 heavy (non-hydrogen) atoms. The molecule has 0 unspecified atom stereocenters. The fourth-order valence-corrected chi connectivity index (χ4v) is 6.04. The molecular weight excluding hydrogens is 486 g/mol. The molecule has 0 aliphatic heterocycles. The monoisotopic (exact) mass is 511 g/mol. The maximum Gasteiger partial charge on any atom is 0.229 e. The van der Waals surface area contributed by atoms with E-state index in [0.29, 0.717) is 22.1 Å². The van der Waals surface area contributed by atoms with E-state index in [0.717, 1.165) is 10.3 Å². The molecule has 182 valence electrons. The lowest BCUT2D eigenvalue weighted by atomic mass is 10.2. The third-order valence-corrected chi connectivity index (χ3v) is 8.34. The van der Waals surface area contributed by atoms with Gasteiger partial charge in [-0.3, -0.25) is 14.7 Å². The molecule has 0 atom stereocenters. The number of nitrogens with zero attached hydrogens (tertiary/aromatic N) is 3. The number of anilines is 1. The number of fused-ring (bicyclic) bond motifs is 1. The van der Waals surface area contributed by atoms with Crippen molar-refractivity contribution < 1.29 is 22.7 Å². The number of hydrogen-bond donors (Lipinski definition) is 0. The summed E-state index contributed by atoms with van der Waals surface area (Å²) in [6.45, 7) is 0.275. The zero-order valence-electron chi connectivity index (χ0n) is 19.4. The Balaban J connectivity index is 1.60. The lowest BCUT2D eigenvalue weighted by Crippen LogP contribution is -2.30. The van der Waals surface area contributed by atoms with Gasteiger partial charge < -0.3 is 9.47 Å². The summed E-state index contributed by atoms with van der Waals surface area (Å²) in [5.74, 6) is 0.873. The summed E-state index contributed by atoms with van der Waals surface area (Å²) in [6.07, 6.45) is 3.57. The number of sulfone groups is 1. The van der Waals surface area contributed by atoms with Crippen molar-refractivity contribution in [3.63, 3.8) is 0 Å². The van der Waals surface area contributed by atoms with Gasteiger partial charge in [-0.25, -0.2) is 13.4 Å². The van der Waals surface area contributed by atoms with E-state index in [1.54, 1.807) is 74.0 Å². The molecule has 4 rings (SSSR count). The van der Waals surface area contributed by atoms with Crippen LogP contribution in [-0.2, 0) is 21.2 Å². The van der Waals surface area contributed by atoms with Crippen LogP contribution in [0.4, 0.5) is 5.13 Å². The molecule has 10 heteroatoms. The highest BCUT2D eigenvalue weighted by Crippen LogP contribution is 2.40. The fraction of sp³-hybridized carbons (Fsp3) is 0.240. The SMILES string of the molecule is COc1ccc(OC)c2sc(N(Cc3ccncc3)C(=O)CCCS(=O)(=O)c3ccccc3)nc12. The smallest absolute Gasteiger partial charge is 0.229 e. The molecule has 1 amide bonds. The first-order valence-corrected chi connectivity index (χ1v) is 13.4. The molecule has 2 aromatic carbocycles. The Kier molecular flexibility index (Phi) is 7.62. The third-order valence-electron chi connectivity index (χ3n) is 5.43. The van der Waals surface area contributed by atoms with Gasteiger partial charge >= 0.3 is 0 Å². The molecule has 0 spiro atoms. The number of carbonyl (C=O) groups is 1. The van der Waals surface area contributed by atoms with Crippen molar-refractivity contribution in [2.24, 2.45) is 0 Å². The molecule has 0 fully saturated rings. The third kappa shape index (κ3) is 5.60. The van der Waals surface area contributed by atoms with E-state index in [-0.39, 0.29) is 35.9 Å². The van der Waals surface area contributed by atoms with Gasteiger partial charge in [-0.15, -0.1) is 0 Å². The average Bonchev–Trinajstić information content (AvgIpc) is 3.33. The van der Waals surface area contributed by atoms with Gasteiger partial charge in [-0.2, -0.15) is 0 Å². The molecule has 0 aliphatic rings. The summed E-state index contributed by atoms with van der Waals surface area (Å²) < 4.78 is 37.0. The van der Waals surface area contributed by atoms with E-state index in [1.807, 2.05) is 12.1 Å². The van der Waals surface area contributed by atoms with Crippen LogP contribution in [0.2, 0.25) is 0 Å². The largest absolute Gasteiger partial charge is 0.495 e. The second-order valence-corrected chi connectivity index (χ2v) is 10.8. The number of ether oxygens (including phenoxy) is 2. The van der Waals surface area contributed by atoms with Crippen molar-refractivity contribution in [3.8, 4) is 11.5 Å². The highest BCUT2D eigenvalue weighted by atomic mass is 32.2. The molecular formula is C25H25N3O5S2. The maximum atomic E-state index is 13.4. The van der Waals surface area contributed by atoms with Gasteiger partial charge in [0.25, 0.3) is 0 Å². The van der Waals surface area contributed by atoms with Gasteiger partial charge in [-0.1, -0.05) is 29.5 Å². The van der Waals surface area contributed by atoms with Crippen molar-refractivity contribution in [1.29, 1.82) is 0 Å². The maximum absolute atomic E-state index is 13.4. The number of carbonyl (C=O) groups excluding carboxylic acids is 1. The number of pyridine rings is 1. The van der Waals surface area contributed by atoms with Gasteiger partial charge in [0.1, 0.15) is 21.7 Å². The van der Waals surface area contributed by atoms with Crippen LogP contribution < -0.4 is 14.4 Å². The zero-order valence-corrected chi connectivity index (χ0v) is 21.0. The van der Waals surface area contributed by atoms with E-state index < -0.39 is 9.84 Å². The Morgan fingerprint density at radius 2 is 1.66 bits per heavy atom. The van der Waals surface area contributed by atoms with Crippen molar-refractivity contribution in [1.82, 2.24) is 9.97 Å². The minimum atomic E-state index is -3.47. The van der Waals surface area contributed by atoms with Crippen LogP contribution in [0.5, 0.6) is 11.5 Å². The van der Waals surface area contributed by atoms with Crippen LogP contribution in [-0.4, -0.2) is 44.3 Å². The molecule has 0 aliphatic carbocycles. The number of methoxy groups -OCH3 is 2. The standard InChI is InChI=1S/C25H25N3O5S2/c1-32-20-10-11-21(33-2)24-23(20)27-25(34-24)28(17-18-12-14-26-15-13-18)22(29)9-6-16-35(30,31)19-7-4-3-5-8-19/h3-5,7-8,10-15H,6,9,16-17H2,1-2H3. The normalized spacial score (nSPS) is 11.4. The molecule has 0 saturated carbocycles. The lowest BCUT2D eigenvalue weighted by molar-refractivity contribution is -0.118. The quantitative estimate of drug-likeness (QED) is 0.309. The summed E-state index contributed by atoms with van der Waals surface area (Å²) in [6, 6.07) is 15.5.